The molecule has 1 amide bonds. The van der Waals surface area contributed by atoms with Gasteiger partial charge in [-0.3, -0.25) is 9.69 Å². The highest BCUT2D eigenvalue weighted by Gasteiger charge is 2.26. The van der Waals surface area contributed by atoms with Crippen LogP contribution in [0.15, 0.2) is 18.2 Å². The van der Waals surface area contributed by atoms with E-state index in [1.807, 2.05) is 17.0 Å². The number of fused-ring (bicyclic) bond motifs is 1. The fraction of sp³-hybridized carbons (Fsp3) is 0.522. The van der Waals surface area contributed by atoms with Gasteiger partial charge in [-0.2, -0.15) is 0 Å². The fourth-order valence-corrected chi connectivity index (χ4v) is 5.61. The van der Waals surface area contributed by atoms with Gasteiger partial charge in [0, 0.05) is 43.2 Å². The maximum Gasteiger partial charge on any atom is 0.264 e. The lowest BCUT2D eigenvalue weighted by molar-refractivity contribution is 0.0632. The maximum atomic E-state index is 13.0. The summed E-state index contributed by atoms with van der Waals surface area (Å²) < 4.78 is 16.5. The monoisotopic (exact) mass is 430 g/mol. The molecular formula is C23H30N2O4S. The van der Waals surface area contributed by atoms with Crippen LogP contribution in [0.5, 0.6) is 17.2 Å². The summed E-state index contributed by atoms with van der Waals surface area (Å²) in [7, 11) is 4.90. The third kappa shape index (κ3) is 4.14. The van der Waals surface area contributed by atoms with Crippen molar-refractivity contribution in [2.45, 2.75) is 32.2 Å². The maximum absolute atomic E-state index is 13.0. The minimum Gasteiger partial charge on any atom is -0.493 e. The van der Waals surface area contributed by atoms with Crippen LogP contribution in [0.2, 0.25) is 0 Å². The number of methoxy groups -OCH3 is 3. The van der Waals surface area contributed by atoms with E-state index in [9.17, 15) is 4.79 Å². The molecule has 2 aliphatic rings. The third-order valence-corrected chi connectivity index (χ3v) is 7.27. The smallest absolute Gasteiger partial charge is 0.264 e. The zero-order valence-corrected chi connectivity index (χ0v) is 18.8. The van der Waals surface area contributed by atoms with Gasteiger partial charge in [0.2, 0.25) is 5.75 Å². The van der Waals surface area contributed by atoms with Crippen molar-refractivity contribution in [3.05, 3.63) is 39.1 Å². The second-order valence-electron chi connectivity index (χ2n) is 7.83. The van der Waals surface area contributed by atoms with E-state index in [-0.39, 0.29) is 5.91 Å². The van der Waals surface area contributed by atoms with Crippen LogP contribution in [0.3, 0.4) is 0 Å². The molecule has 2 heterocycles. The SMILES string of the molecule is COc1ccc(CN2CCN(C(=O)c3cc4c(s3)CCCC4)CC2)c(OC)c1OC. The van der Waals surface area contributed by atoms with E-state index in [0.717, 1.165) is 56.0 Å². The summed E-state index contributed by atoms with van der Waals surface area (Å²) >= 11 is 1.71. The highest BCUT2D eigenvalue weighted by atomic mass is 32.1. The second kappa shape index (κ2) is 9.27. The molecule has 0 atom stereocenters. The number of rotatable bonds is 6. The first kappa shape index (κ1) is 21.0. The molecule has 1 fully saturated rings. The first-order valence-electron chi connectivity index (χ1n) is 10.6. The van der Waals surface area contributed by atoms with Crippen LogP contribution in [0.1, 0.15) is 38.5 Å². The summed E-state index contributed by atoms with van der Waals surface area (Å²) in [6.07, 6.45) is 4.75. The highest BCUT2D eigenvalue weighted by molar-refractivity contribution is 7.14. The van der Waals surface area contributed by atoms with Crippen LogP contribution in [0.25, 0.3) is 0 Å². The number of ether oxygens (including phenoxy) is 3. The number of hydrogen-bond donors (Lipinski definition) is 0. The Hall–Kier alpha value is -2.25. The van der Waals surface area contributed by atoms with Crippen LogP contribution in [0.4, 0.5) is 0 Å². The predicted octanol–water partition coefficient (Wildman–Crippen LogP) is 3.61. The summed E-state index contributed by atoms with van der Waals surface area (Å²) in [4.78, 5) is 19.7. The average molecular weight is 431 g/mol. The number of piperazine rings is 1. The number of amides is 1. The van der Waals surface area contributed by atoms with Gasteiger partial charge in [-0.15, -0.1) is 11.3 Å². The summed E-state index contributed by atoms with van der Waals surface area (Å²) in [5.74, 6) is 2.18. The zero-order valence-electron chi connectivity index (χ0n) is 18.0. The van der Waals surface area contributed by atoms with E-state index in [4.69, 9.17) is 14.2 Å². The number of carbonyl (C=O) groups is 1. The summed E-state index contributed by atoms with van der Waals surface area (Å²) in [6.45, 7) is 3.93. The van der Waals surface area contributed by atoms with E-state index in [1.165, 1.54) is 23.3 Å². The van der Waals surface area contributed by atoms with Gasteiger partial charge >= 0.3 is 0 Å². The van der Waals surface area contributed by atoms with E-state index in [0.29, 0.717) is 17.2 Å². The molecule has 1 aliphatic carbocycles. The Morgan fingerprint density at radius 3 is 2.37 bits per heavy atom. The molecule has 0 unspecified atom stereocenters. The average Bonchev–Trinajstić information content (AvgIpc) is 3.23. The minimum absolute atomic E-state index is 0.192. The van der Waals surface area contributed by atoms with Gasteiger partial charge in [-0.25, -0.2) is 0 Å². The molecule has 1 aliphatic heterocycles. The normalized spacial score (nSPS) is 16.8. The molecule has 4 rings (SSSR count). The summed E-state index contributed by atoms with van der Waals surface area (Å²) in [5, 5.41) is 0. The molecule has 1 aromatic heterocycles. The fourth-order valence-electron chi connectivity index (χ4n) is 4.39. The second-order valence-corrected chi connectivity index (χ2v) is 8.96. The number of thiophene rings is 1. The summed E-state index contributed by atoms with van der Waals surface area (Å²) in [5.41, 5.74) is 2.45. The lowest BCUT2D eigenvalue weighted by Crippen LogP contribution is -2.48. The highest BCUT2D eigenvalue weighted by Crippen LogP contribution is 2.40. The quantitative estimate of drug-likeness (QED) is 0.701. The Morgan fingerprint density at radius 1 is 0.967 bits per heavy atom. The Balaban J connectivity index is 1.39. The van der Waals surface area contributed by atoms with Crippen molar-refractivity contribution in [1.82, 2.24) is 9.80 Å². The molecule has 0 bridgehead atoms. The van der Waals surface area contributed by atoms with Crippen LogP contribution < -0.4 is 14.2 Å². The number of carbonyl (C=O) groups excluding carboxylic acids is 1. The molecule has 1 saturated heterocycles. The lowest BCUT2D eigenvalue weighted by Gasteiger charge is -2.34. The van der Waals surface area contributed by atoms with Crippen molar-refractivity contribution in [2.24, 2.45) is 0 Å². The summed E-state index contributed by atoms with van der Waals surface area (Å²) in [6, 6.07) is 6.07. The van der Waals surface area contributed by atoms with Crippen LogP contribution in [0, 0.1) is 0 Å². The van der Waals surface area contributed by atoms with Crippen molar-refractivity contribution in [2.75, 3.05) is 47.5 Å². The molecule has 7 heteroatoms. The molecule has 0 spiro atoms. The van der Waals surface area contributed by atoms with Crippen LogP contribution >= 0.6 is 11.3 Å². The standard InChI is InChI=1S/C23H30N2O4S/c1-27-18-9-8-17(21(28-2)22(18)29-3)15-24-10-12-25(13-11-24)23(26)20-14-16-6-4-5-7-19(16)30-20/h8-9,14H,4-7,10-13,15H2,1-3H3. The van der Waals surface area contributed by atoms with Crippen molar-refractivity contribution in [3.8, 4) is 17.2 Å². The molecule has 0 N–H and O–H groups in total. The number of benzene rings is 1. The van der Waals surface area contributed by atoms with Gasteiger partial charge in [0.25, 0.3) is 5.91 Å². The minimum atomic E-state index is 0.192. The van der Waals surface area contributed by atoms with Crippen LogP contribution in [-0.2, 0) is 19.4 Å². The zero-order chi connectivity index (χ0) is 21.1. The topological polar surface area (TPSA) is 51.2 Å². The predicted molar refractivity (Wildman–Crippen MR) is 118 cm³/mol. The van der Waals surface area contributed by atoms with Crippen molar-refractivity contribution in [3.63, 3.8) is 0 Å². The van der Waals surface area contributed by atoms with Gasteiger partial charge in [0.05, 0.1) is 26.2 Å². The van der Waals surface area contributed by atoms with Gasteiger partial charge in [0.15, 0.2) is 11.5 Å². The Labute approximate surface area is 182 Å². The molecule has 162 valence electrons. The number of nitrogens with zero attached hydrogens (tertiary/aromatic N) is 2. The van der Waals surface area contributed by atoms with Crippen molar-refractivity contribution >= 4 is 17.2 Å². The number of aryl methyl sites for hydroxylation is 2. The van der Waals surface area contributed by atoms with Crippen molar-refractivity contribution < 1.29 is 19.0 Å². The molecule has 0 radical (unpaired) electrons. The Bertz CT molecular complexity index is 879. The first-order chi connectivity index (χ1) is 14.6. The van der Waals surface area contributed by atoms with E-state index in [2.05, 4.69) is 11.0 Å². The molecular weight excluding hydrogens is 400 g/mol. The van der Waals surface area contributed by atoms with Gasteiger partial charge < -0.3 is 19.1 Å². The molecule has 0 saturated carbocycles. The Morgan fingerprint density at radius 2 is 1.70 bits per heavy atom. The van der Waals surface area contributed by atoms with E-state index in [1.54, 1.807) is 32.7 Å². The van der Waals surface area contributed by atoms with Gasteiger partial charge in [-0.1, -0.05) is 6.07 Å². The largest absolute Gasteiger partial charge is 0.493 e. The molecule has 2 aromatic rings. The van der Waals surface area contributed by atoms with E-state index < -0.39 is 0 Å². The van der Waals surface area contributed by atoms with Crippen molar-refractivity contribution in [1.29, 1.82) is 0 Å². The molecule has 30 heavy (non-hydrogen) atoms. The lowest BCUT2D eigenvalue weighted by atomic mass is 9.99. The first-order valence-corrected chi connectivity index (χ1v) is 11.4. The van der Waals surface area contributed by atoms with Gasteiger partial charge in [0.1, 0.15) is 0 Å². The molecule has 1 aromatic carbocycles. The Kier molecular flexibility index (Phi) is 6.49. The molecule has 6 nitrogen and oxygen atoms in total. The van der Waals surface area contributed by atoms with E-state index >= 15 is 0 Å². The van der Waals surface area contributed by atoms with Gasteiger partial charge in [-0.05, 0) is 43.4 Å². The number of hydrogen-bond acceptors (Lipinski definition) is 6. The third-order valence-electron chi connectivity index (χ3n) is 6.05. The van der Waals surface area contributed by atoms with Crippen LogP contribution in [-0.4, -0.2) is 63.2 Å².